The molecular formula is C23H26N4. The topological polar surface area (TPSA) is 34.0 Å². The number of nitrogens with zero attached hydrogens (tertiary/aromatic N) is 4. The Bertz CT molecular complexity index is 970. The number of rotatable bonds is 4. The summed E-state index contributed by atoms with van der Waals surface area (Å²) < 4.78 is 2.36. The Labute approximate surface area is 160 Å². The normalized spacial score (nSPS) is 17.1. The van der Waals surface area contributed by atoms with Crippen molar-refractivity contribution in [3.05, 3.63) is 76.6 Å². The third-order valence-electron chi connectivity index (χ3n) is 5.92. The number of hydrogen-bond acceptors (Lipinski definition) is 3. The van der Waals surface area contributed by atoms with Crippen LogP contribution in [0.4, 0.5) is 0 Å². The number of fused-ring (bicyclic) bond motifs is 1. The quantitative estimate of drug-likeness (QED) is 0.696. The summed E-state index contributed by atoms with van der Waals surface area (Å²) in [5, 5.41) is 0. The van der Waals surface area contributed by atoms with Crippen LogP contribution in [0.5, 0.6) is 0 Å². The fourth-order valence-electron chi connectivity index (χ4n) is 4.27. The summed E-state index contributed by atoms with van der Waals surface area (Å²) in [4.78, 5) is 12.0. The Morgan fingerprint density at radius 2 is 1.93 bits per heavy atom. The van der Waals surface area contributed by atoms with Crippen LogP contribution in [0, 0.1) is 13.8 Å². The first kappa shape index (κ1) is 16.7. The van der Waals surface area contributed by atoms with Gasteiger partial charge < -0.3 is 4.57 Å². The summed E-state index contributed by atoms with van der Waals surface area (Å²) >= 11 is 0. The second kappa shape index (κ2) is 6.61. The second-order valence-corrected chi connectivity index (χ2v) is 8.00. The Morgan fingerprint density at radius 1 is 1.11 bits per heavy atom. The van der Waals surface area contributed by atoms with Crippen LogP contribution in [0.2, 0.25) is 0 Å². The Kier molecular flexibility index (Phi) is 4.09. The van der Waals surface area contributed by atoms with Gasteiger partial charge in [-0.25, -0.2) is 9.97 Å². The molecule has 1 aliphatic carbocycles. The zero-order valence-electron chi connectivity index (χ0n) is 16.2. The van der Waals surface area contributed by atoms with Gasteiger partial charge in [0.15, 0.2) is 0 Å². The molecular weight excluding hydrogens is 332 g/mol. The molecule has 1 fully saturated rings. The van der Waals surface area contributed by atoms with Crippen LogP contribution < -0.4 is 0 Å². The van der Waals surface area contributed by atoms with E-state index in [9.17, 15) is 0 Å². The molecule has 1 aliphatic heterocycles. The largest absolute Gasteiger partial charge is 0.318 e. The molecule has 0 amide bonds. The molecule has 0 N–H and O–H groups in total. The lowest BCUT2D eigenvalue weighted by molar-refractivity contribution is 0.242. The average Bonchev–Trinajstić information content (AvgIpc) is 3.49. The predicted molar refractivity (Wildman–Crippen MR) is 107 cm³/mol. The van der Waals surface area contributed by atoms with E-state index < -0.39 is 0 Å². The number of hydrogen-bond donors (Lipinski definition) is 0. The van der Waals surface area contributed by atoms with Gasteiger partial charge in [-0.15, -0.1) is 0 Å². The molecule has 0 unspecified atom stereocenters. The van der Waals surface area contributed by atoms with Crippen molar-refractivity contribution in [3.8, 4) is 5.69 Å². The van der Waals surface area contributed by atoms with Crippen LogP contribution in [0.25, 0.3) is 5.69 Å². The molecule has 5 rings (SSSR count). The molecule has 1 saturated carbocycles. The van der Waals surface area contributed by atoms with Crippen molar-refractivity contribution in [2.24, 2.45) is 0 Å². The molecule has 3 aromatic rings. The van der Waals surface area contributed by atoms with Gasteiger partial charge in [-0.1, -0.05) is 18.2 Å². The monoisotopic (exact) mass is 358 g/mol. The lowest BCUT2D eigenvalue weighted by atomic mass is 10.1. The number of aryl methyl sites for hydroxylation is 1. The van der Waals surface area contributed by atoms with Crippen LogP contribution in [-0.2, 0) is 19.5 Å². The molecule has 0 spiro atoms. The fourth-order valence-corrected chi connectivity index (χ4v) is 4.27. The molecule has 0 atom stereocenters. The van der Waals surface area contributed by atoms with E-state index in [2.05, 4.69) is 70.9 Å². The molecule has 138 valence electrons. The molecule has 0 radical (unpaired) electrons. The van der Waals surface area contributed by atoms with Crippen molar-refractivity contribution in [2.75, 3.05) is 6.54 Å². The third-order valence-corrected chi connectivity index (χ3v) is 5.92. The van der Waals surface area contributed by atoms with E-state index in [0.29, 0.717) is 5.92 Å². The zero-order chi connectivity index (χ0) is 18.4. The lowest BCUT2D eigenvalue weighted by Crippen LogP contribution is -2.31. The molecule has 4 nitrogen and oxygen atoms in total. The number of para-hydroxylation sites is 1. The summed E-state index contributed by atoms with van der Waals surface area (Å²) in [5.41, 5.74) is 7.87. The first-order valence-corrected chi connectivity index (χ1v) is 9.99. The van der Waals surface area contributed by atoms with Gasteiger partial charge in [0.25, 0.3) is 0 Å². The van der Waals surface area contributed by atoms with Crippen LogP contribution in [0.3, 0.4) is 0 Å². The Morgan fingerprint density at radius 3 is 2.70 bits per heavy atom. The summed E-state index contributed by atoms with van der Waals surface area (Å²) in [6, 6.07) is 13.0. The molecule has 2 aromatic heterocycles. The van der Waals surface area contributed by atoms with Gasteiger partial charge in [-0.3, -0.25) is 4.90 Å². The summed E-state index contributed by atoms with van der Waals surface area (Å²) in [6.45, 7) is 7.44. The first-order chi connectivity index (χ1) is 13.2. The van der Waals surface area contributed by atoms with Crippen molar-refractivity contribution in [3.63, 3.8) is 0 Å². The Hall–Kier alpha value is -2.46. The second-order valence-electron chi connectivity index (χ2n) is 8.00. The minimum Gasteiger partial charge on any atom is -0.318 e. The Balaban J connectivity index is 1.36. The molecule has 0 bridgehead atoms. The van der Waals surface area contributed by atoms with E-state index in [-0.39, 0.29) is 0 Å². The maximum Gasteiger partial charge on any atom is 0.131 e. The van der Waals surface area contributed by atoms with Gasteiger partial charge in [-0.05, 0) is 50.5 Å². The van der Waals surface area contributed by atoms with Crippen LogP contribution in [0.1, 0.15) is 52.8 Å². The SMILES string of the molecule is Cc1cc(CN2CCc3nc(C4CC4)ncc3C2)c(C)n1-c1ccccc1. The highest BCUT2D eigenvalue weighted by atomic mass is 15.1. The molecule has 1 aromatic carbocycles. The average molecular weight is 358 g/mol. The molecule has 4 heteroatoms. The third kappa shape index (κ3) is 3.19. The molecule has 3 heterocycles. The maximum absolute atomic E-state index is 4.85. The van der Waals surface area contributed by atoms with Crippen molar-refractivity contribution < 1.29 is 0 Å². The number of aromatic nitrogens is 3. The van der Waals surface area contributed by atoms with E-state index in [4.69, 9.17) is 4.98 Å². The lowest BCUT2D eigenvalue weighted by Gasteiger charge is -2.28. The van der Waals surface area contributed by atoms with E-state index in [1.54, 1.807) is 0 Å². The van der Waals surface area contributed by atoms with Gasteiger partial charge >= 0.3 is 0 Å². The fraction of sp³-hybridized carbons (Fsp3) is 0.391. The molecule has 2 aliphatic rings. The summed E-state index contributed by atoms with van der Waals surface area (Å²) in [5.74, 6) is 1.71. The predicted octanol–water partition coefficient (Wildman–Crippen LogP) is 4.32. The first-order valence-electron chi connectivity index (χ1n) is 9.99. The summed E-state index contributed by atoms with van der Waals surface area (Å²) in [6.07, 6.45) is 5.65. The van der Waals surface area contributed by atoms with E-state index in [1.807, 2.05) is 0 Å². The van der Waals surface area contributed by atoms with Crippen molar-refractivity contribution in [1.29, 1.82) is 0 Å². The minimum absolute atomic E-state index is 0.636. The zero-order valence-corrected chi connectivity index (χ0v) is 16.2. The van der Waals surface area contributed by atoms with E-state index in [0.717, 1.165) is 31.9 Å². The van der Waals surface area contributed by atoms with Gasteiger partial charge in [0.05, 0.1) is 0 Å². The standard InChI is InChI=1S/C23H26N4/c1-16-12-19(17(2)27(16)21-6-4-3-5-7-21)14-26-11-10-22-20(15-26)13-24-23(25-22)18-8-9-18/h3-7,12-13,18H,8-11,14-15H2,1-2H3. The van der Waals surface area contributed by atoms with E-state index >= 15 is 0 Å². The van der Waals surface area contributed by atoms with Crippen molar-refractivity contribution in [1.82, 2.24) is 19.4 Å². The van der Waals surface area contributed by atoms with E-state index in [1.165, 1.54) is 46.7 Å². The van der Waals surface area contributed by atoms with Crippen LogP contribution >= 0.6 is 0 Å². The van der Waals surface area contributed by atoms with Crippen LogP contribution in [0.15, 0.2) is 42.6 Å². The molecule has 0 saturated heterocycles. The highest BCUT2D eigenvalue weighted by Crippen LogP contribution is 2.38. The minimum atomic E-state index is 0.636. The molecule has 27 heavy (non-hydrogen) atoms. The smallest absolute Gasteiger partial charge is 0.131 e. The van der Waals surface area contributed by atoms with Gasteiger partial charge in [-0.2, -0.15) is 0 Å². The van der Waals surface area contributed by atoms with Crippen LogP contribution in [-0.4, -0.2) is 26.0 Å². The maximum atomic E-state index is 4.85. The van der Waals surface area contributed by atoms with Gasteiger partial charge in [0, 0.05) is 66.5 Å². The highest BCUT2D eigenvalue weighted by Gasteiger charge is 2.28. The summed E-state index contributed by atoms with van der Waals surface area (Å²) in [7, 11) is 0. The van der Waals surface area contributed by atoms with Crippen molar-refractivity contribution >= 4 is 0 Å². The van der Waals surface area contributed by atoms with Gasteiger partial charge in [0.2, 0.25) is 0 Å². The highest BCUT2D eigenvalue weighted by molar-refractivity contribution is 5.41. The van der Waals surface area contributed by atoms with Gasteiger partial charge in [0.1, 0.15) is 5.82 Å². The number of benzene rings is 1. The van der Waals surface area contributed by atoms with Crippen molar-refractivity contribution in [2.45, 2.75) is 52.1 Å².